The molecular formula is C14H15N3O3. The number of hydrogen-bond donors (Lipinski definition) is 1. The van der Waals surface area contributed by atoms with E-state index in [-0.39, 0.29) is 11.6 Å². The van der Waals surface area contributed by atoms with Crippen LogP contribution in [-0.2, 0) is 6.42 Å². The summed E-state index contributed by atoms with van der Waals surface area (Å²) in [5.74, 6) is -0.471. The van der Waals surface area contributed by atoms with Gasteiger partial charge in [0.2, 0.25) is 0 Å². The van der Waals surface area contributed by atoms with Gasteiger partial charge < -0.3 is 9.84 Å². The molecule has 2 rings (SSSR count). The molecule has 2 aromatic rings. The lowest BCUT2D eigenvalue weighted by molar-refractivity contribution is 0.0695. The van der Waals surface area contributed by atoms with E-state index in [1.807, 2.05) is 26.0 Å². The lowest BCUT2D eigenvalue weighted by atomic mass is 10.2. The van der Waals surface area contributed by atoms with Crippen molar-refractivity contribution in [3.63, 3.8) is 0 Å². The highest BCUT2D eigenvalue weighted by molar-refractivity contribution is 5.88. The SMILES string of the molecule is CCc1nc(C)ccc1Oc1ncc(C(=O)O)c(C)n1. The lowest BCUT2D eigenvalue weighted by Crippen LogP contribution is -2.05. The van der Waals surface area contributed by atoms with Crippen LogP contribution >= 0.6 is 0 Å². The Morgan fingerprint density at radius 1 is 1.30 bits per heavy atom. The molecule has 1 N–H and O–H groups in total. The van der Waals surface area contributed by atoms with Crippen LogP contribution in [0.1, 0.15) is 34.4 Å². The smallest absolute Gasteiger partial charge is 0.339 e. The molecule has 0 aliphatic rings. The molecule has 0 aliphatic carbocycles. The fourth-order valence-corrected chi connectivity index (χ4v) is 1.75. The number of carbonyl (C=O) groups is 1. The average molecular weight is 273 g/mol. The number of ether oxygens (including phenoxy) is 1. The topological polar surface area (TPSA) is 85.2 Å². The maximum Gasteiger partial charge on any atom is 0.339 e. The van der Waals surface area contributed by atoms with Crippen LogP contribution in [0, 0.1) is 13.8 Å². The molecule has 0 saturated heterocycles. The Hall–Kier alpha value is -2.50. The van der Waals surface area contributed by atoms with Crippen molar-refractivity contribution >= 4 is 5.97 Å². The van der Waals surface area contributed by atoms with Gasteiger partial charge in [0.15, 0.2) is 5.75 Å². The molecule has 0 aliphatic heterocycles. The maximum absolute atomic E-state index is 10.9. The van der Waals surface area contributed by atoms with E-state index < -0.39 is 5.97 Å². The molecular weight excluding hydrogens is 258 g/mol. The minimum Gasteiger partial charge on any atom is -0.478 e. The molecule has 6 heteroatoms. The van der Waals surface area contributed by atoms with Crippen molar-refractivity contribution < 1.29 is 14.6 Å². The predicted molar refractivity (Wildman–Crippen MR) is 72.2 cm³/mol. The Labute approximate surface area is 116 Å². The number of carboxylic acids is 1. The molecule has 0 spiro atoms. The van der Waals surface area contributed by atoms with Gasteiger partial charge in [-0.25, -0.2) is 9.78 Å². The van der Waals surface area contributed by atoms with Crippen LogP contribution in [0.2, 0.25) is 0 Å². The van der Waals surface area contributed by atoms with Gasteiger partial charge in [0.1, 0.15) is 0 Å². The third kappa shape index (κ3) is 2.90. The van der Waals surface area contributed by atoms with Gasteiger partial charge in [0.05, 0.1) is 17.0 Å². The van der Waals surface area contributed by atoms with Crippen LogP contribution in [0.5, 0.6) is 11.8 Å². The van der Waals surface area contributed by atoms with Gasteiger partial charge in [-0.05, 0) is 32.4 Å². The Bertz CT molecular complexity index is 656. The molecule has 0 unspecified atom stereocenters. The number of nitrogens with zero attached hydrogens (tertiary/aromatic N) is 3. The van der Waals surface area contributed by atoms with Crippen molar-refractivity contribution in [3.8, 4) is 11.8 Å². The van der Waals surface area contributed by atoms with E-state index in [9.17, 15) is 4.79 Å². The zero-order chi connectivity index (χ0) is 14.7. The first kappa shape index (κ1) is 13.9. The van der Waals surface area contributed by atoms with E-state index in [0.717, 1.165) is 17.8 Å². The summed E-state index contributed by atoms with van der Waals surface area (Å²) in [6.07, 6.45) is 1.97. The highest BCUT2D eigenvalue weighted by atomic mass is 16.5. The van der Waals surface area contributed by atoms with Crippen molar-refractivity contribution in [3.05, 3.63) is 41.0 Å². The third-order valence-electron chi connectivity index (χ3n) is 2.80. The summed E-state index contributed by atoms with van der Waals surface area (Å²) < 4.78 is 5.59. The molecule has 6 nitrogen and oxygen atoms in total. The fraction of sp³-hybridized carbons (Fsp3) is 0.286. The van der Waals surface area contributed by atoms with Gasteiger partial charge in [0.25, 0.3) is 0 Å². The van der Waals surface area contributed by atoms with E-state index in [2.05, 4.69) is 15.0 Å². The number of carboxylic acid groups (broad SMARTS) is 1. The summed E-state index contributed by atoms with van der Waals surface area (Å²) in [4.78, 5) is 23.2. The van der Waals surface area contributed by atoms with Gasteiger partial charge in [-0.1, -0.05) is 6.92 Å². The van der Waals surface area contributed by atoms with E-state index >= 15 is 0 Å². The van der Waals surface area contributed by atoms with Crippen LogP contribution in [0.25, 0.3) is 0 Å². The zero-order valence-electron chi connectivity index (χ0n) is 11.5. The summed E-state index contributed by atoms with van der Waals surface area (Å²) in [5, 5.41) is 8.93. The second-order valence-electron chi connectivity index (χ2n) is 4.31. The summed E-state index contributed by atoms with van der Waals surface area (Å²) >= 11 is 0. The average Bonchev–Trinajstić information content (AvgIpc) is 2.40. The molecule has 2 heterocycles. The van der Waals surface area contributed by atoms with Crippen LogP contribution in [0.3, 0.4) is 0 Å². The van der Waals surface area contributed by atoms with Crippen molar-refractivity contribution in [1.29, 1.82) is 0 Å². The van der Waals surface area contributed by atoms with E-state index in [4.69, 9.17) is 9.84 Å². The molecule has 0 radical (unpaired) electrons. The monoisotopic (exact) mass is 273 g/mol. The van der Waals surface area contributed by atoms with Crippen LogP contribution < -0.4 is 4.74 Å². The van der Waals surface area contributed by atoms with Crippen LogP contribution in [-0.4, -0.2) is 26.0 Å². The van der Waals surface area contributed by atoms with Gasteiger partial charge in [-0.2, -0.15) is 4.98 Å². The minimum absolute atomic E-state index is 0.0649. The fourth-order valence-electron chi connectivity index (χ4n) is 1.75. The maximum atomic E-state index is 10.9. The summed E-state index contributed by atoms with van der Waals surface area (Å²) in [6.45, 7) is 5.49. The van der Waals surface area contributed by atoms with E-state index in [0.29, 0.717) is 11.4 Å². The van der Waals surface area contributed by atoms with Crippen molar-refractivity contribution in [2.45, 2.75) is 27.2 Å². The molecule has 0 saturated carbocycles. The van der Waals surface area contributed by atoms with Crippen molar-refractivity contribution in [1.82, 2.24) is 15.0 Å². The number of pyridine rings is 1. The molecule has 0 bridgehead atoms. The van der Waals surface area contributed by atoms with Crippen molar-refractivity contribution in [2.24, 2.45) is 0 Å². The normalized spacial score (nSPS) is 10.3. The third-order valence-corrected chi connectivity index (χ3v) is 2.80. The standard InChI is InChI=1S/C14H15N3O3/c1-4-11-12(6-5-8(2)16-11)20-14-15-7-10(13(18)19)9(3)17-14/h5-7H,4H2,1-3H3,(H,18,19). The van der Waals surface area contributed by atoms with Crippen molar-refractivity contribution in [2.75, 3.05) is 0 Å². The van der Waals surface area contributed by atoms with Gasteiger partial charge >= 0.3 is 12.0 Å². The number of rotatable bonds is 4. The first-order valence-electron chi connectivity index (χ1n) is 6.22. The van der Waals surface area contributed by atoms with Gasteiger partial charge in [-0.15, -0.1) is 0 Å². The first-order chi connectivity index (χ1) is 9.51. The highest BCUT2D eigenvalue weighted by Crippen LogP contribution is 2.22. The van der Waals surface area contributed by atoms with Gasteiger partial charge in [0, 0.05) is 11.9 Å². The molecule has 0 atom stereocenters. The Morgan fingerprint density at radius 2 is 2.05 bits per heavy atom. The first-order valence-corrected chi connectivity index (χ1v) is 6.22. The molecule has 0 aromatic carbocycles. The minimum atomic E-state index is -1.06. The molecule has 20 heavy (non-hydrogen) atoms. The Balaban J connectivity index is 2.31. The summed E-state index contributed by atoms with van der Waals surface area (Å²) in [7, 11) is 0. The Kier molecular flexibility index (Phi) is 3.93. The largest absolute Gasteiger partial charge is 0.478 e. The van der Waals surface area contributed by atoms with Gasteiger partial charge in [-0.3, -0.25) is 4.98 Å². The quantitative estimate of drug-likeness (QED) is 0.921. The predicted octanol–water partition coefficient (Wildman–Crippen LogP) is 2.54. The molecule has 104 valence electrons. The molecule has 0 fully saturated rings. The van der Waals surface area contributed by atoms with Crippen LogP contribution in [0.15, 0.2) is 18.3 Å². The second-order valence-corrected chi connectivity index (χ2v) is 4.31. The second kappa shape index (κ2) is 5.64. The Morgan fingerprint density at radius 3 is 2.65 bits per heavy atom. The number of aryl methyl sites for hydroxylation is 3. The summed E-state index contributed by atoms with van der Waals surface area (Å²) in [5.41, 5.74) is 2.15. The summed E-state index contributed by atoms with van der Waals surface area (Å²) in [6, 6.07) is 3.77. The molecule has 2 aromatic heterocycles. The molecule has 0 amide bonds. The van der Waals surface area contributed by atoms with E-state index in [1.165, 1.54) is 6.20 Å². The van der Waals surface area contributed by atoms with E-state index in [1.54, 1.807) is 6.92 Å². The number of aromatic nitrogens is 3. The zero-order valence-corrected chi connectivity index (χ0v) is 11.5. The number of hydrogen-bond acceptors (Lipinski definition) is 5. The number of aromatic carboxylic acids is 1. The lowest BCUT2D eigenvalue weighted by Gasteiger charge is -2.09. The van der Waals surface area contributed by atoms with Crippen LogP contribution in [0.4, 0.5) is 0 Å². The highest BCUT2D eigenvalue weighted by Gasteiger charge is 2.12.